The van der Waals surface area contributed by atoms with E-state index in [4.69, 9.17) is 0 Å². The summed E-state index contributed by atoms with van der Waals surface area (Å²) >= 11 is 1.22. The van der Waals surface area contributed by atoms with Crippen molar-refractivity contribution < 1.29 is 9.72 Å². The summed E-state index contributed by atoms with van der Waals surface area (Å²) in [5.41, 5.74) is 3.82. The Morgan fingerprint density at radius 2 is 1.93 bits per heavy atom. The Morgan fingerprint density at radius 1 is 1.17 bits per heavy atom. The van der Waals surface area contributed by atoms with Gasteiger partial charge in [0.2, 0.25) is 0 Å². The molecule has 0 saturated carbocycles. The van der Waals surface area contributed by atoms with Gasteiger partial charge in [-0.05, 0) is 26.0 Å². The molecule has 0 fully saturated rings. The first-order valence-corrected chi connectivity index (χ1v) is 9.80. The van der Waals surface area contributed by atoms with Crippen LogP contribution in [0, 0.1) is 24.0 Å². The van der Waals surface area contributed by atoms with Crippen LogP contribution < -0.4 is 5.32 Å². The Balaban J connectivity index is 1.50. The molecule has 9 nitrogen and oxygen atoms in total. The summed E-state index contributed by atoms with van der Waals surface area (Å²) < 4.78 is 1.52. The molecule has 0 aliphatic rings. The Labute approximate surface area is 175 Å². The van der Waals surface area contributed by atoms with Gasteiger partial charge in [-0.1, -0.05) is 35.0 Å². The number of amides is 1. The highest BCUT2D eigenvalue weighted by atomic mass is 32.1. The van der Waals surface area contributed by atoms with Gasteiger partial charge in [0, 0.05) is 22.6 Å². The van der Waals surface area contributed by atoms with Gasteiger partial charge in [-0.3, -0.25) is 20.2 Å². The minimum atomic E-state index is -0.441. The summed E-state index contributed by atoms with van der Waals surface area (Å²) in [4.78, 5) is 27.6. The van der Waals surface area contributed by atoms with Gasteiger partial charge in [0.15, 0.2) is 10.8 Å². The van der Waals surface area contributed by atoms with Crippen molar-refractivity contribution in [2.24, 2.45) is 0 Å². The molecular weight excluding hydrogens is 404 g/mol. The molecule has 0 atom stereocenters. The van der Waals surface area contributed by atoms with E-state index in [-0.39, 0.29) is 11.4 Å². The molecule has 10 heteroatoms. The first-order chi connectivity index (χ1) is 14.4. The van der Waals surface area contributed by atoms with Gasteiger partial charge in [0.05, 0.1) is 22.5 Å². The second kappa shape index (κ2) is 7.84. The van der Waals surface area contributed by atoms with Crippen LogP contribution in [0.2, 0.25) is 0 Å². The predicted molar refractivity (Wildman–Crippen MR) is 113 cm³/mol. The number of benzene rings is 2. The second-order valence-electron chi connectivity index (χ2n) is 6.63. The van der Waals surface area contributed by atoms with E-state index in [1.54, 1.807) is 24.4 Å². The lowest BCUT2D eigenvalue weighted by molar-refractivity contribution is -0.385. The number of carbonyl (C=O) groups excluding carboxylic acids is 1. The summed E-state index contributed by atoms with van der Waals surface area (Å²) in [5, 5.41) is 23.8. The maximum Gasteiger partial charge on any atom is 0.279 e. The number of carbonyl (C=O) groups is 1. The Hall–Kier alpha value is -3.92. The van der Waals surface area contributed by atoms with Crippen molar-refractivity contribution in [3.63, 3.8) is 0 Å². The highest BCUT2D eigenvalue weighted by molar-refractivity contribution is 7.14. The van der Waals surface area contributed by atoms with E-state index in [2.05, 4.69) is 20.6 Å². The number of thiazole rings is 1. The van der Waals surface area contributed by atoms with Gasteiger partial charge in [-0.15, -0.1) is 16.4 Å². The zero-order valence-electron chi connectivity index (χ0n) is 16.1. The Morgan fingerprint density at radius 3 is 2.67 bits per heavy atom. The number of anilines is 1. The Kier molecular flexibility index (Phi) is 5.07. The first-order valence-electron chi connectivity index (χ1n) is 8.92. The van der Waals surface area contributed by atoms with Crippen LogP contribution in [0.15, 0.2) is 54.0 Å². The fourth-order valence-corrected chi connectivity index (χ4v) is 3.50. The van der Waals surface area contributed by atoms with Crippen LogP contribution in [-0.2, 0) is 0 Å². The van der Waals surface area contributed by atoms with Crippen LogP contribution in [0.4, 0.5) is 10.8 Å². The van der Waals surface area contributed by atoms with Crippen molar-refractivity contribution in [2.45, 2.75) is 13.8 Å². The van der Waals surface area contributed by atoms with Crippen LogP contribution in [-0.4, -0.2) is 30.8 Å². The third-order valence-corrected chi connectivity index (χ3v) is 5.21. The highest BCUT2D eigenvalue weighted by Gasteiger charge is 2.16. The topological polar surface area (TPSA) is 116 Å². The average Bonchev–Trinajstić information content (AvgIpc) is 3.39. The number of hydrogen-bond donors (Lipinski definition) is 1. The van der Waals surface area contributed by atoms with E-state index in [1.807, 2.05) is 31.2 Å². The highest BCUT2D eigenvalue weighted by Crippen LogP contribution is 2.29. The summed E-state index contributed by atoms with van der Waals surface area (Å²) in [6.45, 7) is 3.67. The van der Waals surface area contributed by atoms with Crippen molar-refractivity contribution in [3.8, 4) is 16.9 Å². The lowest BCUT2D eigenvalue weighted by atomic mass is 10.1. The van der Waals surface area contributed by atoms with E-state index in [0.717, 1.165) is 11.3 Å². The largest absolute Gasteiger partial charge is 0.296 e. The van der Waals surface area contributed by atoms with Gasteiger partial charge < -0.3 is 0 Å². The second-order valence-corrected chi connectivity index (χ2v) is 7.49. The lowest BCUT2D eigenvalue weighted by Crippen LogP contribution is -2.12. The number of nitro groups is 1. The molecule has 0 aliphatic carbocycles. The van der Waals surface area contributed by atoms with Crippen molar-refractivity contribution in [1.29, 1.82) is 0 Å². The molecule has 0 radical (unpaired) electrons. The van der Waals surface area contributed by atoms with Crippen LogP contribution in [0.25, 0.3) is 16.9 Å². The first kappa shape index (κ1) is 19.4. The van der Waals surface area contributed by atoms with Crippen molar-refractivity contribution in [1.82, 2.24) is 20.0 Å². The Bertz CT molecular complexity index is 1250. The fourth-order valence-electron chi connectivity index (χ4n) is 2.78. The molecule has 2 aromatic carbocycles. The minimum absolute atomic E-state index is 0.0267. The molecule has 0 aliphatic heterocycles. The molecule has 4 aromatic rings. The van der Waals surface area contributed by atoms with Gasteiger partial charge in [0.1, 0.15) is 0 Å². The summed E-state index contributed by atoms with van der Waals surface area (Å²) in [6.07, 6.45) is 1.54. The minimum Gasteiger partial charge on any atom is -0.296 e. The molecule has 2 aromatic heterocycles. The van der Waals surface area contributed by atoms with Gasteiger partial charge in [-0.2, -0.15) is 0 Å². The van der Waals surface area contributed by atoms with E-state index in [9.17, 15) is 14.9 Å². The van der Waals surface area contributed by atoms with Crippen LogP contribution >= 0.6 is 11.3 Å². The van der Waals surface area contributed by atoms with Crippen LogP contribution in [0.1, 0.15) is 21.6 Å². The molecule has 0 bridgehead atoms. The number of hydrogen-bond acceptors (Lipinski definition) is 7. The molecular formula is C20H16N6O3S. The van der Waals surface area contributed by atoms with E-state index in [0.29, 0.717) is 22.0 Å². The fraction of sp³-hybridized carbons (Fsp3) is 0.100. The number of nitrogens with zero attached hydrogens (tertiary/aromatic N) is 5. The van der Waals surface area contributed by atoms with Crippen molar-refractivity contribution >= 4 is 28.1 Å². The monoisotopic (exact) mass is 420 g/mol. The molecule has 0 saturated heterocycles. The molecule has 30 heavy (non-hydrogen) atoms. The molecule has 150 valence electrons. The molecule has 1 N–H and O–H groups in total. The maximum atomic E-state index is 12.5. The number of aryl methyl sites for hydroxylation is 2. The third-order valence-electron chi connectivity index (χ3n) is 4.45. The predicted octanol–water partition coefficient (Wildman–Crippen LogP) is 4.17. The van der Waals surface area contributed by atoms with Gasteiger partial charge >= 0.3 is 0 Å². The number of nitrogens with one attached hydrogen (secondary N) is 1. The van der Waals surface area contributed by atoms with E-state index in [1.165, 1.54) is 28.3 Å². The summed E-state index contributed by atoms with van der Waals surface area (Å²) in [6, 6.07) is 12.6. The molecule has 4 rings (SSSR count). The lowest BCUT2D eigenvalue weighted by Gasteiger charge is -2.01. The molecule has 1 amide bonds. The number of aromatic nitrogens is 4. The maximum absolute atomic E-state index is 12.5. The molecule has 0 spiro atoms. The zero-order chi connectivity index (χ0) is 21.3. The average molecular weight is 420 g/mol. The van der Waals surface area contributed by atoms with Crippen LogP contribution in [0.3, 0.4) is 0 Å². The normalized spacial score (nSPS) is 10.7. The van der Waals surface area contributed by atoms with Crippen molar-refractivity contribution in [3.05, 3.63) is 81.0 Å². The number of rotatable bonds is 5. The quantitative estimate of drug-likeness (QED) is 0.383. The van der Waals surface area contributed by atoms with Gasteiger partial charge in [-0.25, -0.2) is 9.67 Å². The van der Waals surface area contributed by atoms with Gasteiger partial charge in [0.25, 0.3) is 11.6 Å². The van der Waals surface area contributed by atoms with E-state index >= 15 is 0 Å². The summed E-state index contributed by atoms with van der Waals surface area (Å²) in [7, 11) is 0. The zero-order valence-corrected chi connectivity index (χ0v) is 16.9. The number of nitro benzene ring substituents is 1. The smallest absolute Gasteiger partial charge is 0.279 e. The molecule has 0 unspecified atom stereocenters. The standard InChI is InChI=1S/C20H16N6O3S/c1-12-3-7-15(8-4-12)25-10-16(23-24-25)19(27)22-20-21-17(11-30-20)14-6-5-13(2)18(9-14)26(28)29/h3-11H,1-2H3,(H,21,22,27). The van der Waals surface area contributed by atoms with E-state index < -0.39 is 10.8 Å². The summed E-state index contributed by atoms with van der Waals surface area (Å²) in [5.74, 6) is -0.441. The van der Waals surface area contributed by atoms with Crippen molar-refractivity contribution in [2.75, 3.05) is 5.32 Å². The molecule has 2 heterocycles. The van der Waals surface area contributed by atoms with Crippen LogP contribution in [0.5, 0.6) is 0 Å². The SMILES string of the molecule is Cc1ccc(-n2cc(C(=O)Nc3nc(-c4ccc(C)c([N+](=O)[O-])c4)cs3)nn2)cc1. The third kappa shape index (κ3) is 3.94.